The smallest absolute Gasteiger partial charge is 0.548 e. The SMILES string of the molecule is CC(=O)CCCCCCCCC(=O)NCC(=O)[O-].[K+]. The third-order valence-corrected chi connectivity index (χ3v) is 2.61. The number of amides is 1. The number of carboxylic acid groups (broad SMARTS) is 1. The number of unbranched alkanes of at least 4 members (excludes halogenated alkanes) is 5. The first-order valence-electron chi connectivity index (χ1n) is 6.48. The summed E-state index contributed by atoms with van der Waals surface area (Å²) in [5, 5.41) is 12.3. The maximum absolute atomic E-state index is 11.1. The Hall–Kier alpha value is 0.246. The maximum Gasteiger partial charge on any atom is 1.00 e. The fourth-order valence-electron chi connectivity index (χ4n) is 1.63. The Kier molecular flexibility index (Phi) is 16.6. The van der Waals surface area contributed by atoms with Gasteiger partial charge in [-0.1, -0.05) is 25.7 Å². The molecule has 104 valence electrons. The van der Waals surface area contributed by atoms with Crippen molar-refractivity contribution in [2.45, 2.75) is 58.3 Å². The van der Waals surface area contributed by atoms with Gasteiger partial charge in [-0.05, 0) is 19.8 Å². The molecule has 6 heteroatoms. The number of rotatable bonds is 11. The number of hydrogen-bond acceptors (Lipinski definition) is 4. The summed E-state index contributed by atoms with van der Waals surface area (Å²) >= 11 is 0. The van der Waals surface area contributed by atoms with Crippen LogP contribution in [0.25, 0.3) is 0 Å². The number of carbonyl (C=O) groups is 3. The van der Waals surface area contributed by atoms with Crippen LogP contribution < -0.4 is 61.8 Å². The number of Topliss-reactive ketones (excluding diaryl/α,β-unsaturated/α-hetero) is 1. The van der Waals surface area contributed by atoms with Gasteiger partial charge in [0.2, 0.25) is 5.91 Å². The van der Waals surface area contributed by atoms with E-state index in [0.717, 1.165) is 38.5 Å². The molecule has 0 heterocycles. The first-order valence-corrected chi connectivity index (χ1v) is 6.48. The number of aliphatic carboxylic acids is 1. The molecule has 0 aromatic rings. The predicted molar refractivity (Wildman–Crippen MR) is 65.6 cm³/mol. The summed E-state index contributed by atoms with van der Waals surface area (Å²) in [5.74, 6) is -1.27. The van der Waals surface area contributed by atoms with E-state index >= 15 is 0 Å². The summed E-state index contributed by atoms with van der Waals surface area (Å²) < 4.78 is 0. The van der Waals surface area contributed by atoms with Gasteiger partial charge in [0.25, 0.3) is 0 Å². The van der Waals surface area contributed by atoms with Crippen molar-refractivity contribution in [3.63, 3.8) is 0 Å². The molecule has 0 saturated carbocycles. The van der Waals surface area contributed by atoms with E-state index in [9.17, 15) is 19.5 Å². The second kappa shape index (κ2) is 14.7. The molecule has 19 heavy (non-hydrogen) atoms. The van der Waals surface area contributed by atoms with E-state index in [2.05, 4.69) is 5.32 Å². The Morgan fingerprint density at radius 3 is 1.84 bits per heavy atom. The Bertz CT molecular complexity index is 282. The van der Waals surface area contributed by atoms with Crippen molar-refractivity contribution in [2.75, 3.05) is 6.54 Å². The van der Waals surface area contributed by atoms with Gasteiger partial charge in [0.1, 0.15) is 5.78 Å². The number of nitrogens with one attached hydrogen (secondary N) is 1. The van der Waals surface area contributed by atoms with Crippen LogP contribution in [0.5, 0.6) is 0 Å². The van der Waals surface area contributed by atoms with Crippen LogP contribution in [0.4, 0.5) is 0 Å². The quantitative estimate of drug-likeness (QED) is 0.339. The molecule has 0 unspecified atom stereocenters. The molecule has 0 aliphatic heterocycles. The second-order valence-electron chi connectivity index (χ2n) is 4.47. The average Bonchev–Trinajstić information content (AvgIpc) is 2.29. The van der Waals surface area contributed by atoms with Crippen LogP contribution in [0.1, 0.15) is 58.3 Å². The zero-order valence-corrected chi connectivity index (χ0v) is 15.1. The molecular formula is C13H22KNO4. The Morgan fingerprint density at radius 2 is 1.37 bits per heavy atom. The molecule has 1 amide bonds. The second-order valence-corrected chi connectivity index (χ2v) is 4.47. The molecule has 0 rings (SSSR count). The normalized spacial score (nSPS) is 9.53. The van der Waals surface area contributed by atoms with Gasteiger partial charge in [-0.2, -0.15) is 0 Å². The fraction of sp³-hybridized carbons (Fsp3) is 0.769. The number of hydrogen-bond donors (Lipinski definition) is 1. The van der Waals surface area contributed by atoms with Crippen LogP contribution in [0.15, 0.2) is 0 Å². The van der Waals surface area contributed by atoms with Gasteiger partial charge in [0.15, 0.2) is 0 Å². The van der Waals surface area contributed by atoms with Crippen molar-refractivity contribution >= 4 is 17.7 Å². The van der Waals surface area contributed by atoms with Gasteiger partial charge in [0.05, 0.1) is 12.5 Å². The van der Waals surface area contributed by atoms with E-state index in [1.165, 1.54) is 0 Å². The third-order valence-electron chi connectivity index (χ3n) is 2.61. The van der Waals surface area contributed by atoms with Crippen LogP contribution in [-0.2, 0) is 14.4 Å². The predicted octanol–water partition coefficient (Wildman–Crippen LogP) is -2.43. The molecule has 0 aromatic heterocycles. The van der Waals surface area contributed by atoms with Gasteiger partial charge in [-0.25, -0.2) is 0 Å². The van der Waals surface area contributed by atoms with Crippen molar-refractivity contribution in [3.05, 3.63) is 0 Å². The molecule has 0 saturated heterocycles. The molecule has 0 bridgehead atoms. The molecular weight excluding hydrogens is 273 g/mol. The minimum atomic E-state index is -1.27. The van der Waals surface area contributed by atoms with Gasteiger partial charge < -0.3 is 20.0 Å². The minimum Gasteiger partial charge on any atom is -0.548 e. The van der Waals surface area contributed by atoms with E-state index in [1.807, 2.05) is 0 Å². The standard InChI is InChI=1S/C13H23NO4.K/c1-11(15)8-6-4-2-3-5-7-9-12(16)14-10-13(17)18;/h2-10H2,1H3,(H,14,16)(H,17,18);/q;+1/p-1. The molecule has 0 aliphatic carbocycles. The summed E-state index contributed by atoms with van der Waals surface area (Å²) in [4.78, 5) is 31.9. The Morgan fingerprint density at radius 1 is 0.895 bits per heavy atom. The number of ketones is 1. The molecule has 0 fully saturated rings. The zero-order chi connectivity index (χ0) is 13.8. The monoisotopic (exact) mass is 295 g/mol. The van der Waals surface area contributed by atoms with Crippen molar-refractivity contribution in [1.29, 1.82) is 0 Å². The van der Waals surface area contributed by atoms with Crippen LogP contribution in [0.3, 0.4) is 0 Å². The molecule has 0 aromatic carbocycles. The van der Waals surface area contributed by atoms with Crippen LogP contribution in [0.2, 0.25) is 0 Å². The summed E-state index contributed by atoms with van der Waals surface area (Å²) in [6.45, 7) is 1.19. The van der Waals surface area contributed by atoms with Crippen LogP contribution in [-0.4, -0.2) is 24.2 Å². The van der Waals surface area contributed by atoms with Gasteiger partial charge in [0, 0.05) is 12.8 Å². The van der Waals surface area contributed by atoms with Gasteiger partial charge in [-0.15, -0.1) is 0 Å². The Labute approximate surface area is 157 Å². The van der Waals surface area contributed by atoms with E-state index in [0.29, 0.717) is 12.8 Å². The number of carboxylic acids is 1. The Balaban J connectivity index is 0. The fourth-order valence-corrected chi connectivity index (χ4v) is 1.63. The summed E-state index contributed by atoms with van der Waals surface area (Å²) in [7, 11) is 0. The summed E-state index contributed by atoms with van der Waals surface area (Å²) in [5.41, 5.74) is 0. The molecule has 0 spiro atoms. The van der Waals surface area contributed by atoms with Crippen LogP contribution in [0, 0.1) is 0 Å². The van der Waals surface area contributed by atoms with E-state index < -0.39 is 12.5 Å². The zero-order valence-electron chi connectivity index (χ0n) is 12.0. The van der Waals surface area contributed by atoms with Crippen molar-refractivity contribution in [2.24, 2.45) is 0 Å². The van der Waals surface area contributed by atoms with E-state index in [4.69, 9.17) is 0 Å². The van der Waals surface area contributed by atoms with E-state index in [1.54, 1.807) is 6.92 Å². The van der Waals surface area contributed by atoms with Gasteiger partial charge >= 0.3 is 51.4 Å². The number of carbonyl (C=O) groups excluding carboxylic acids is 3. The third kappa shape index (κ3) is 18.2. The van der Waals surface area contributed by atoms with Crippen molar-refractivity contribution < 1.29 is 70.9 Å². The minimum absolute atomic E-state index is 0. The first-order chi connectivity index (χ1) is 8.52. The van der Waals surface area contributed by atoms with Crippen molar-refractivity contribution in [1.82, 2.24) is 5.32 Å². The molecule has 1 N–H and O–H groups in total. The molecule has 0 aliphatic rings. The van der Waals surface area contributed by atoms with Crippen molar-refractivity contribution in [3.8, 4) is 0 Å². The first kappa shape index (κ1) is 21.5. The maximum atomic E-state index is 11.1. The topological polar surface area (TPSA) is 86.3 Å². The largest absolute Gasteiger partial charge is 1.00 e. The van der Waals surface area contributed by atoms with Crippen LogP contribution >= 0.6 is 0 Å². The van der Waals surface area contributed by atoms with Gasteiger partial charge in [-0.3, -0.25) is 4.79 Å². The van der Waals surface area contributed by atoms with E-state index in [-0.39, 0.29) is 63.1 Å². The summed E-state index contributed by atoms with van der Waals surface area (Å²) in [6.07, 6.45) is 6.87. The molecule has 0 radical (unpaired) electrons. The molecule has 5 nitrogen and oxygen atoms in total. The average molecular weight is 295 g/mol. The molecule has 0 atom stereocenters. The summed E-state index contributed by atoms with van der Waals surface area (Å²) in [6, 6.07) is 0.